The fraction of sp³-hybridized carbons (Fsp3) is 0.286. The maximum absolute atomic E-state index is 12.5. The van der Waals surface area contributed by atoms with E-state index in [9.17, 15) is 14.4 Å². The number of nitrogens with zero attached hydrogens (tertiary/aromatic N) is 1. The van der Waals surface area contributed by atoms with Crippen molar-refractivity contribution in [1.29, 1.82) is 0 Å². The summed E-state index contributed by atoms with van der Waals surface area (Å²) in [5, 5.41) is 2.64. The quantitative estimate of drug-likeness (QED) is 0.721. The van der Waals surface area contributed by atoms with E-state index < -0.39 is 18.5 Å². The van der Waals surface area contributed by atoms with E-state index in [1.54, 1.807) is 47.4 Å². The number of para-hydroxylation sites is 1. The summed E-state index contributed by atoms with van der Waals surface area (Å²) in [7, 11) is 3.00. The van der Waals surface area contributed by atoms with Gasteiger partial charge in [-0.3, -0.25) is 9.59 Å². The lowest BCUT2D eigenvalue weighted by Crippen LogP contribution is -2.27. The minimum absolute atomic E-state index is 0.0328. The molecule has 1 heterocycles. The second-order valence-electron chi connectivity index (χ2n) is 6.36. The van der Waals surface area contributed by atoms with Gasteiger partial charge in [0.2, 0.25) is 5.91 Å². The number of rotatable bonds is 7. The van der Waals surface area contributed by atoms with E-state index in [0.29, 0.717) is 35.8 Å². The number of hydrogen-bond donors (Lipinski definition) is 1. The SMILES string of the molecule is COc1ccc(NC(=O)COC(=O)c2ccccc2N2CCCC2=O)c(OC)c1. The molecule has 3 rings (SSSR count). The highest BCUT2D eigenvalue weighted by Crippen LogP contribution is 2.29. The molecule has 1 aliphatic heterocycles. The molecule has 0 unspecified atom stereocenters. The van der Waals surface area contributed by atoms with Crippen molar-refractivity contribution in [2.45, 2.75) is 12.8 Å². The minimum atomic E-state index is -0.669. The first-order valence-electron chi connectivity index (χ1n) is 9.12. The number of benzene rings is 2. The second-order valence-corrected chi connectivity index (χ2v) is 6.36. The summed E-state index contributed by atoms with van der Waals surface area (Å²) in [5.41, 5.74) is 1.17. The zero-order chi connectivity index (χ0) is 20.8. The van der Waals surface area contributed by atoms with E-state index in [0.717, 1.165) is 6.42 Å². The summed E-state index contributed by atoms with van der Waals surface area (Å²) >= 11 is 0. The van der Waals surface area contributed by atoms with Gasteiger partial charge in [-0.05, 0) is 30.7 Å². The molecule has 1 fully saturated rings. The molecule has 0 bridgehead atoms. The van der Waals surface area contributed by atoms with E-state index in [4.69, 9.17) is 14.2 Å². The molecule has 0 radical (unpaired) electrons. The van der Waals surface area contributed by atoms with Crippen molar-refractivity contribution < 1.29 is 28.6 Å². The molecule has 152 valence electrons. The molecule has 0 saturated carbocycles. The van der Waals surface area contributed by atoms with Crippen molar-refractivity contribution in [3.63, 3.8) is 0 Å². The summed E-state index contributed by atoms with van der Waals surface area (Å²) in [4.78, 5) is 38.3. The Morgan fingerprint density at radius 2 is 1.90 bits per heavy atom. The molecular weight excluding hydrogens is 376 g/mol. The van der Waals surface area contributed by atoms with Crippen LogP contribution in [0.25, 0.3) is 0 Å². The van der Waals surface area contributed by atoms with Gasteiger partial charge in [-0.25, -0.2) is 4.79 Å². The van der Waals surface area contributed by atoms with Crippen LogP contribution in [-0.4, -0.2) is 45.2 Å². The molecule has 2 aromatic carbocycles. The van der Waals surface area contributed by atoms with E-state index in [2.05, 4.69) is 5.32 Å². The zero-order valence-electron chi connectivity index (χ0n) is 16.3. The Hall–Kier alpha value is -3.55. The van der Waals surface area contributed by atoms with Crippen molar-refractivity contribution in [3.05, 3.63) is 48.0 Å². The van der Waals surface area contributed by atoms with Crippen molar-refractivity contribution >= 4 is 29.2 Å². The van der Waals surface area contributed by atoms with Gasteiger partial charge in [-0.1, -0.05) is 12.1 Å². The maximum Gasteiger partial charge on any atom is 0.340 e. The van der Waals surface area contributed by atoms with Gasteiger partial charge < -0.3 is 24.4 Å². The number of ether oxygens (including phenoxy) is 3. The maximum atomic E-state index is 12.5. The third kappa shape index (κ3) is 4.66. The average Bonchev–Trinajstić information content (AvgIpc) is 3.18. The number of nitrogens with one attached hydrogen (secondary N) is 1. The van der Waals surface area contributed by atoms with Crippen molar-refractivity contribution in [3.8, 4) is 11.5 Å². The average molecular weight is 398 g/mol. The highest BCUT2D eigenvalue weighted by atomic mass is 16.5. The summed E-state index contributed by atoms with van der Waals surface area (Å²) in [6, 6.07) is 11.6. The van der Waals surface area contributed by atoms with Crippen LogP contribution < -0.4 is 19.7 Å². The van der Waals surface area contributed by atoms with Crippen LogP contribution in [-0.2, 0) is 14.3 Å². The zero-order valence-corrected chi connectivity index (χ0v) is 16.3. The Kier molecular flexibility index (Phi) is 6.33. The molecule has 1 N–H and O–H groups in total. The molecule has 0 aliphatic carbocycles. The van der Waals surface area contributed by atoms with Crippen LogP contribution in [0, 0.1) is 0 Å². The van der Waals surface area contributed by atoms with E-state index in [-0.39, 0.29) is 11.5 Å². The lowest BCUT2D eigenvalue weighted by molar-refractivity contribution is -0.119. The van der Waals surface area contributed by atoms with Crippen LogP contribution in [0.4, 0.5) is 11.4 Å². The minimum Gasteiger partial charge on any atom is -0.497 e. The Morgan fingerprint density at radius 1 is 1.10 bits per heavy atom. The number of hydrogen-bond acceptors (Lipinski definition) is 6. The second kappa shape index (κ2) is 9.09. The Bertz CT molecular complexity index is 927. The normalized spacial score (nSPS) is 13.2. The van der Waals surface area contributed by atoms with Crippen LogP contribution in [0.15, 0.2) is 42.5 Å². The molecule has 1 saturated heterocycles. The summed E-state index contributed by atoms with van der Waals surface area (Å²) in [6.07, 6.45) is 1.20. The lowest BCUT2D eigenvalue weighted by Gasteiger charge is -2.18. The molecule has 0 spiro atoms. The smallest absolute Gasteiger partial charge is 0.340 e. The van der Waals surface area contributed by atoms with Crippen LogP contribution in [0.5, 0.6) is 11.5 Å². The molecule has 8 nitrogen and oxygen atoms in total. The van der Waals surface area contributed by atoms with Gasteiger partial charge in [0.25, 0.3) is 5.91 Å². The predicted octanol–water partition coefficient (Wildman–Crippen LogP) is 2.63. The molecular formula is C21H22N2O6. The van der Waals surface area contributed by atoms with Gasteiger partial charge in [-0.15, -0.1) is 0 Å². The van der Waals surface area contributed by atoms with Crippen molar-refractivity contribution in [2.75, 3.05) is 37.6 Å². The molecule has 2 amide bonds. The van der Waals surface area contributed by atoms with E-state index >= 15 is 0 Å². The van der Waals surface area contributed by atoms with E-state index in [1.165, 1.54) is 14.2 Å². The Labute approximate surface area is 168 Å². The van der Waals surface area contributed by atoms with Crippen molar-refractivity contribution in [1.82, 2.24) is 0 Å². The lowest BCUT2D eigenvalue weighted by atomic mass is 10.1. The van der Waals surface area contributed by atoms with Crippen LogP contribution >= 0.6 is 0 Å². The summed E-state index contributed by atoms with van der Waals surface area (Å²) in [6.45, 7) is 0.0805. The summed E-state index contributed by atoms with van der Waals surface area (Å²) in [5.74, 6) is -0.218. The molecule has 29 heavy (non-hydrogen) atoms. The standard InChI is InChI=1S/C21H22N2O6/c1-27-14-9-10-16(18(12-14)28-2)22-19(24)13-29-21(26)15-6-3-4-7-17(15)23-11-5-8-20(23)25/h3-4,6-7,9-10,12H,5,8,11,13H2,1-2H3,(H,22,24). The first-order valence-corrected chi connectivity index (χ1v) is 9.12. The third-order valence-electron chi connectivity index (χ3n) is 4.51. The molecule has 1 aliphatic rings. The first-order chi connectivity index (χ1) is 14.0. The van der Waals surface area contributed by atoms with Crippen LogP contribution in [0.1, 0.15) is 23.2 Å². The monoisotopic (exact) mass is 398 g/mol. The Balaban J connectivity index is 1.64. The first kappa shape index (κ1) is 20.2. The highest BCUT2D eigenvalue weighted by molar-refractivity contribution is 6.04. The molecule has 0 aromatic heterocycles. The van der Waals surface area contributed by atoms with Crippen molar-refractivity contribution in [2.24, 2.45) is 0 Å². The van der Waals surface area contributed by atoms with Gasteiger partial charge in [-0.2, -0.15) is 0 Å². The molecule has 2 aromatic rings. The van der Waals surface area contributed by atoms with Crippen LogP contribution in [0.3, 0.4) is 0 Å². The van der Waals surface area contributed by atoms with E-state index in [1.807, 2.05) is 0 Å². The molecule has 0 atom stereocenters. The fourth-order valence-corrected chi connectivity index (χ4v) is 3.08. The van der Waals surface area contributed by atoms with Crippen LogP contribution in [0.2, 0.25) is 0 Å². The number of carbonyl (C=O) groups is 3. The third-order valence-corrected chi connectivity index (χ3v) is 4.51. The molecule has 8 heteroatoms. The highest BCUT2D eigenvalue weighted by Gasteiger charge is 2.26. The largest absolute Gasteiger partial charge is 0.497 e. The summed E-state index contributed by atoms with van der Waals surface area (Å²) < 4.78 is 15.5. The van der Waals surface area contributed by atoms with Gasteiger partial charge in [0.1, 0.15) is 11.5 Å². The van der Waals surface area contributed by atoms with Gasteiger partial charge in [0, 0.05) is 19.0 Å². The number of carbonyl (C=O) groups excluding carboxylic acids is 3. The Morgan fingerprint density at radius 3 is 2.59 bits per heavy atom. The van der Waals surface area contributed by atoms with Gasteiger partial charge in [0.05, 0.1) is 31.2 Å². The fourth-order valence-electron chi connectivity index (χ4n) is 3.08. The number of esters is 1. The predicted molar refractivity (Wildman–Crippen MR) is 106 cm³/mol. The van der Waals surface area contributed by atoms with Gasteiger partial charge in [0.15, 0.2) is 6.61 Å². The number of anilines is 2. The topological polar surface area (TPSA) is 94.2 Å². The number of amides is 2. The number of methoxy groups -OCH3 is 2. The van der Waals surface area contributed by atoms with Gasteiger partial charge >= 0.3 is 5.97 Å².